The molecule has 1 aromatic carbocycles. The summed E-state index contributed by atoms with van der Waals surface area (Å²) in [6.07, 6.45) is 4.14. The highest BCUT2D eigenvalue weighted by atomic mass is 35.5. The second kappa shape index (κ2) is 6.35. The molecule has 0 saturated heterocycles. The van der Waals surface area contributed by atoms with E-state index in [1.165, 1.54) is 0 Å². The van der Waals surface area contributed by atoms with Gasteiger partial charge in [-0.1, -0.05) is 0 Å². The smallest absolute Gasteiger partial charge is 0.162 e. The van der Waals surface area contributed by atoms with Crippen molar-refractivity contribution < 1.29 is 9.47 Å². The van der Waals surface area contributed by atoms with Crippen LogP contribution in [0.15, 0.2) is 23.3 Å². The Morgan fingerprint density at radius 2 is 1.94 bits per heavy atom. The molecule has 1 aromatic rings. The van der Waals surface area contributed by atoms with E-state index in [9.17, 15) is 0 Å². The molecule has 0 unspecified atom stereocenters. The number of hydrogen-bond donors (Lipinski definition) is 0. The van der Waals surface area contributed by atoms with Crippen molar-refractivity contribution in [2.24, 2.45) is 5.10 Å². The van der Waals surface area contributed by atoms with Crippen molar-refractivity contribution in [3.05, 3.63) is 18.2 Å². The topological polar surface area (TPSA) is 34.1 Å². The molecule has 0 atom stereocenters. The van der Waals surface area contributed by atoms with E-state index in [-0.39, 0.29) is 12.4 Å². The van der Waals surface area contributed by atoms with Gasteiger partial charge in [0, 0.05) is 18.8 Å². The van der Waals surface area contributed by atoms with E-state index >= 15 is 0 Å². The fraction of sp³-hybridized carbons (Fsp3) is 0.417. The predicted molar refractivity (Wildman–Crippen MR) is 71.9 cm³/mol. The first-order valence-corrected chi connectivity index (χ1v) is 5.37. The van der Waals surface area contributed by atoms with Gasteiger partial charge in [-0.05, 0) is 25.0 Å². The van der Waals surface area contributed by atoms with Gasteiger partial charge in [-0.3, -0.25) is 5.01 Å². The standard InChI is InChI=1S/C12H16N2O2.ClH/c1-15-11-6-5-10(9-12(11)16-2)14-8-4-3-7-13-14;/h5-7,9H,3-4,8H2,1-2H3;1H. The van der Waals surface area contributed by atoms with Crippen LogP contribution in [0.1, 0.15) is 12.8 Å². The highest BCUT2D eigenvalue weighted by Gasteiger charge is 2.11. The number of hydrazone groups is 1. The lowest BCUT2D eigenvalue weighted by molar-refractivity contribution is 0.355. The molecule has 1 heterocycles. The Balaban J connectivity index is 0.00000144. The van der Waals surface area contributed by atoms with Gasteiger partial charge in [0.2, 0.25) is 0 Å². The minimum atomic E-state index is 0. The first-order valence-electron chi connectivity index (χ1n) is 5.37. The molecule has 2 rings (SSSR count). The predicted octanol–water partition coefficient (Wildman–Crippen LogP) is 2.71. The summed E-state index contributed by atoms with van der Waals surface area (Å²) in [6.45, 7) is 0.950. The molecule has 0 N–H and O–H groups in total. The highest BCUT2D eigenvalue weighted by Crippen LogP contribution is 2.32. The largest absolute Gasteiger partial charge is 0.493 e. The van der Waals surface area contributed by atoms with Crippen molar-refractivity contribution >= 4 is 24.3 Å². The van der Waals surface area contributed by atoms with Crippen LogP contribution in [0.3, 0.4) is 0 Å². The van der Waals surface area contributed by atoms with Crippen LogP contribution in [0.25, 0.3) is 0 Å². The average Bonchev–Trinajstić information content (AvgIpc) is 2.39. The molecule has 0 saturated carbocycles. The van der Waals surface area contributed by atoms with E-state index in [0.29, 0.717) is 0 Å². The maximum Gasteiger partial charge on any atom is 0.162 e. The lowest BCUT2D eigenvalue weighted by Gasteiger charge is -2.22. The first kappa shape index (κ1) is 13.6. The zero-order chi connectivity index (χ0) is 11.4. The molecule has 5 heteroatoms. The van der Waals surface area contributed by atoms with Crippen molar-refractivity contribution in [2.45, 2.75) is 12.8 Å². The van der Waals surface area contributed by atoms with Crippen LogP contribution in [-0.2, 0) is 0 Å². The monoisotopic (exact) mass is 256 g/mol. The maximum atomic E-state index is 5.26. The summed E-state index contributed by atoms with van der Waals surface area (Å²) >= 11 is 0. The molecule has 17 heavy (non-hydrogen) atoms. The van der Waals surface area contributed by atoms with Gasteiger partial charge in [-0.25, -0.2) is 0 Å². The minimum Gasteiger partial charge on any atom is -0.493 e. The number of benzene rings is 1. The lowest BCUT2D eigenvalue weighted by atomic mass is 10.2. The van der Waals surface area contributed by atoms with Gasteiger partial charge in [0.1, 0.15) is 0 Å². The van der Waals surface area contributed by atoms with Gasteiger partial charge < -0.3 is 9.47 Å². The zero-order valence-electron chi connectivity index (χ0n) is 10.0. The molecule has 0 fully saturated rings. The molecule has 1 aliphatic heterocycles. The summed E-state index contributed by atoms with van der Waals surface area (Å²) in [5.41, 5.74) is 1.04. The number of methoxy groups -OCH3 is 2. The molecule has 1 aliphatic rings. The average molecular weight is 257 g/mol. The molecule has 0 spiro atoms. The zero-order valence-corrected chi connectivity index (χ0v) is 10.9. The molecular weight excluding hydrogens is 240 g/mol. The van der Waals surface area contributed by atoms with Crippen molar-refractivity contribution in [2.75, 3.05) is 25.8 Å². The number of nitrogens with zero attached hydrogens (tertiary/aromatic N) is 2. The van der Waals surface area contributed by atoms with E-state index in [1.54, 1.807) is 14.2 Å². The SMILES string of the molecule is COc1ccc(N2CCCC=N2)cc1OC.Cl. The summed E-state index contributed by atoms with van der Waals surface area (Å²) in [7, 11) is 3.28. The van der Waals surface area contributed by atoms with Gasteiger partial charge >= 0.3 is 0 Å². The van der Waals surface area contributed by atoms with Crippen LogP contribution < -0.4 is 14.5 Å². The van der Waals surface area contributed by atoms with Crippen LogP contribution in [0, 0.1) is 0 Å². The van der Waals surface area contributed by atoms with Crippen LogP contribution in [-0.4, -0.2) is 27.0 Å². The summed E-state index contributed by atoms with van der Waals surface area (Å²) < 4.78 is 10.5. The second-order valence-corrected chi connectivity index (χ2v) is 3.60. The third-order valence-corrected chi connectivity index (χ3v) is 2.59. The van der Waals surface area contributed by atoms with E-state index in [4.69, 9.17) is 9.47 Å². The Bertz CT molecular complexity index is 396. The van der Waals surface area contributed by atoms with Gasteiger partial charge in [-0.15, -0.1) is 12.4 Å². The van der Waals surface area contributed by atoms with E-state index in [2.05, 4.69) is 5.10 Å². The number of anilines is 1. The molecule has 0 aliphatic carbocycles. The molecule has 0 aromatic heterocycles. The summed E-state index contributed by atoms with van der Waals surface area (Å²) in [5, 5.41) is 6.32. The van der Waals surface area contributed by atoms with E-state index in [1.807, 2.05) is 29.4 Å². The Hall–Kier alpha value is -1.42. The number of rotatable bonds is 3. The number of ether oxygens (including phenoxy) is 2. The molecular formula is C12H17ClN2O2. The fourth-order valence-corrected chi connectivity index (χ4v) is 1.73. The Labute approximate surface area is 108 Å². The number of hydrogen-bond acceptors (Lipinski definition) is 4. The lowest BCUT2D eigenvalue weighted by Crippen LogP contribution is -2.21. The van der Waals surface area contributed by atoms with Crippen molar-refractivity contribution in [3.8, 4) is 11.5 Å². The maximum absolute atomic E-state index is 5.26. The van der Waals surface area contributed by atoms with Crippen LogP contribution in [0.4, 0.5) is 5.69 Å². The number of halogens is 1. The molecule has 0 amide bonds. The highest BCUT2D eigenvalue weighted by molar-refractivity contribution is 5.85. The summed E-state index contributed by atoms with van der Waals surface area (Å²) in [4.78, 5) is 0. The molecule has 94 valence electrons. The van der Waals surface area contributed by atoms with E-state index < -0.39 is 0 Å². The van der Waals surface area contributed by atoms with Crippen molar-refractivity contribution in [3.63, 3.8) is 0 Å². The van der Waals surface area contributed by atoms with Crippen LogP contribution in [0.2, 0.25) is 0 Å². The Kier molecular flexibility index (Phi) is 5.10. The Morgan fingerprint density at radius 3 is 2.53 bits per heavy atom. The minimum absolute atomic E-state index is 0. The van der Waals surface area contributed by atoms with Gasteiger partial charge in [-0.2, -0.15) is 5.10 Å². The molecule has 4 nitrogen and oxygen atoms in total. The first-order chi connectivity index (χ1) is 7.85. The van der Waals surface area contributed by atoms with Gasteiger partial charge in [0.25, 0.3) is 0 Å². The van der Waals surface area contributed by atoms with Gasteiger partial charge in [0.05, 0.1) is 19.9 Å². The van der Waals surface area contributed by atoms with Gasteiger partial charge in [0.15, 0.2) is 11.5 Å². The Morgan fingerprint density at radius 1 is 1.18 bits per heavy atom. The van der Waals surface area contributed by atoms with Crippen LogP contribution >= 0.6 is 12.4 Å². The fourth-order valence-electron chi connectivity index (χ4n) is 1.73. The third-order valence-electron chi connectivity index (χ3n) is 2.59. The summed E-state index contributed by atoms with van der Waals surface area (Å²) in [6, 6.07) is 5.84. The second-order valence-electron chi connectivity index (χ2n) is 3.60. The molecule has 0 radical (unpaired) electrons. The third kappa shape index (κ3) is 3.03. The normalized spacial score (nSPS) is 14.1. The van der Waals surface area contributed by atoms with Crippen molar-refractivity contribution in [1.82, 2.24) is 0 Å². The summed E-state index contributed by atoms with van der Waals surface area (Å²) in [5.74, 6) is 1.48. The van der Waals surface area contributed by atoms with Crippen LogP contribution in [0.5, 0.6) is 11.5 Å². The quantitative estimate of drug-likeness (QED) is 0.834. The van der Waals surface area contributed by atoms with Crippen molar-refractivity contribution in [1.29, 1.82) is 0 Å². The molecule has 0 bridgehead atoms. The van der Waals surface area contributed by atoms with E-state index in [0.717, 1.165) is 36.6 Å².